The minimum Gasteiger partial charge on any atom is -0.507 e. The van der Waals surface area contributed by atoms with Crippen LogP contribution in [0.5, 0.6) is 23.0 Å². The first-order chi connectivity index (χ1) is 11.7. The van der Waals surface area contributed by atoms with E-state index in [9.17, 15) is 9.90 Å². The number of ether oxygens (including phenoxy) is 3. The number of benzene rings is 2. The Morgan fingerprint density at radius 1 is 1.29 bits per heavy atom. The van der Waals surface area contributed by atoms with Crippen molar-refractivity contribution in [1.82, 2.24) is 5.43 Å². The fourth-order valence-electron chi connectivity index (χ4n) is 2.15. The van der Waals surface area contributed by atoms with Crippen molar-refractivity contribution in [3.8, 4) is 23.0 Å². The van der Waals surface area contributed by atoms with E-state index in [1.165, 1.54) is 12.3 Å². The first-order valence-electron chi connectivity index (χ1n) is 7.36. The second-order valence-corrected chi connectivity index (χ2v) is 4.92. The van der Waals surface area contributed by atoms with E-state index in [-0.39, 0.29) is 12.5 Å². The predicted octanol–water partition coefficient (Wildman–Crippen LogP) is 2.28. The third-order valence-electron chi connectivity index (χ3n) is 3.32. The van der Waals surface area contributed by atoms with E-state index < -0.39 is 5.91 Å². The van der Waals surface area contributed by atoms with Crippen LogP contribution in [0.4, 0.5) is 0 Å². The largest absolute Gasteiger partial charge is 0.507 e. The van der Waals surface area contributed by atoms with E-state index in [4.69, 9.17) is 14.2 Å². The fourth-order valence-corrected chi connectivity index (χ4v) is 2.15. The first-order valence-corrected chi connectivity index (χ1v) is 7.36. The summed E-state index contributed by atoms with van der Waals surface area (Å²) in [5.41, 5.74) is 3.26. The summed E-state index contributed by atoms with van der Waals surface area (Å²) in [5, 5.41) is 13.7. The Bertz CT molecular complexity index is 789. The van der Waals surface area contributed by atoms with Crippen LogP contribution in [0.25, 0.3) is 0 Å². The summed E-state index contributed by atoms with van der Waals surface area (Å²) in [7, 11) is 0. The Morgan fingerprint density at radius 3 is 2.92 bits per heavy atom. The van der Waals surface area contributed by atoms with Gasteiger partial charge in [0, 0.05) is 17.2 Å². The lowest BCUT2D eigenvalue weighted by molar-refractivity contribution is 0.0954. The molecule has 124 valence electrons. The van der Waals surface area contributed by atoms with Crippen molar-refractivity contribution in [2.75, 3.05) is 13.4 Å². The molecule has 1 aliphatic rings. The summed E-state index contributed by atoms with van der Waals surface area (Å²) < 4.78 is 15.7. The number of rotatable bonds is 5. The fraction of sp³-hybridized carbons (Fsp3) is 0.176. The Balaban J connectivity index is 1.64. The van der Waals surface area contributed by atoms with Crippen molar-refractivity contribution < 1.29 is 24.1 Å². The van der Waals surface area contributed by atoms with Gasteiger partial charge in [0.05, 0.1) is 12.8 Å². The van der Waals surface area contributed by atoms with Gasteiger partial charge in [0.25, 0.3) is 5.91 Å². The van der Waals surface area contributed by atoms with E-state index in [0.717, 1.165) is 0 Å². The summed E-state index contributed by atoms with van der Waals surface area (Å²) in [4.78, 5) is 12.1. The molecule has 2 aromatic carbocycles. The molecular formula is C17H16N2O5. The van der Waals surface area contributed by atoms with Crippen molar-refractivity contribution in [2.45, 2.75) is 6.92 Å². The lowest BCUT2D eigenvalue weighted by atomic mass is 10.2. The number of amides is 1. The van der Waals surface area contributed by atoms with Gasteiger partial charge in [-0.25, -0.2) is 5.43 Å². The molecule has 0 aromatic heterocycles. The molecule has 0 spiro atoms. The SMILES string of the molecule is CCOc1ccc(/C=N\NC(=O)c2ccc3c(c2)OCO3)c(O)c1. The van der Waals surface area contributed by atoms with Crippen molar-refractivity contribution in [1.29, 1.82) is 0 Å². The summed E-state index contributed by atoms with van der Waals surface area (Å²) in [6.45, 7) is 2.52. The first kappa shape index (κ1) is 15.7. The number of aromatic hydroxyl groups is 1. The van der Waals surface area contributed by atoms with Crippen LogP contribution < -0.4 is 19.6 Å². The van der Waals surface area contributed by atoms with Crippen LogP contribution in [0, 0.1) is 0 Å². The average molecular weight is 328 g/mol. The third kappa shape index (κ3) is 3.40. The van der Waals surface area contributed by atoms with Gasteiger partial charge in [-0.05, 0) is 37.3 Å². The summed E-state index contributed by atoms with van der Waals surface area (Å²) in [6, 6.07) is 9.72. The van der Waals surface area contributed by atoms with Crippen LogP contribution >= 0.6 is 0 Å². The van der Waals surface area contributed by atoms with Gasteiger partial charge < -0.3 is 19.3 Å². The number of fused-ring (bicyclic) bond motifs is 1. The Hall–Kier alpha value is -3.22. The molecule has 1 aliphatic heterocycles. The summed E-state index contributed by atoms with van der Waals surface area (Å²) >= 11 is 0. The molecule has 1 amide bonds. The molecule has 0 unspecified atom stereocenters. The van der Waals surface area contributed by atoms with Gasteiger partial charge in [0.2, 0.25) is 6.79 Å². The molecule has 0 aliphatic carbocycles. The number of nitrogens with zero attached hydrogens (tertiary/aromatic N) is 1. The summed E-state index contributed by atoms with van der Waals surface area (Å²) in [5.74, 6) is 1.32. The van der Waals surface area contributed by atoms with E-state index in [0.29, 0.717) is 35.0 Å². The van der Waals surface area contributed by atoms with Crippen LogP contribution in [0.1, 0.15) is 22.8 Å². The molecule has 0 saturated carbocycles. The van der Waals surface area contributed by atoms with Gasteiger partial charge >= 0.3 is 0 Å². The van der Waals surface area contributed by atoms with Gasteiger partial charge in [0.15, 0.2) is 11.5 Å². The lowest BCUT2D eigenvalue weighted by Crippen LogP contribution is -2.17. The van der Waals surface area contributed by atoms with Crippen molar-refractivity contribution >= 4 is 12.1 Å². The van der Waals surface area contributed by atoms with Crippen LogP contribution in [0.2, 0.25) is 0 Å². The number of carbonyl (C=O) groups is 1. The van der Waals surface area contributed by atoms with Crippen molar-refractivity contribution in [3.63, 3.8) is 0 Å². The molecule has 7 nitrogen and oxygen atoms in total. The molecule has 0 atom stereocenters. The second-order valence-electron chi connectivity index (χ2n) is 4.92. The van der Waals surface area contributed by atoms with Gasteiger partial charge in [-0.15, -0.1) is 0 Å². The zero-order valence-corrected chi connectivity index (χ0v) is 13.0. The average Bonchev–Trinajstić information content (AvgIpc) is 3.04. The highest BCUT2D eigenvalue weighted by Crippen LogP contribution is 2.32. The molecule has 24 heavy (non-hydrogen) atoms. The van der Waals surface area contributed by atoms with E-state index >= 15 is 0 Å². The minimum atomic E-state index is -0.394. The quantitative estimate of drug-likeness (QED) is 0.649. The predicted molar refractivity (Wildman–Crippen MR) is 86.9 cm³/mol. The maximum absolute atomic E-state index is 12.1. The van der Waals surface area contributed by atoms with Gasteiger partial charge in [0.1, 0.15) is 11.5 Å². The van der Waals surface area contributed by atoms with Gasteiger partial charge in [-0.3, -0.25) is 4.79 Å². The van der Waals surface area contributed by atoms with Crippen LogP contribution in [-0.2, 0) is 0 Å². The number of phenolic OH excluding ortho intramolecular Hbond substituents is 1. The molecule has 7 heteroatoms. The number of nitrogens with one attached hydrogen (secondary N) is 1. The highest BCUT2D eigenvalue weighted by Gasteiger charge is 2.15. The third-order valence-corrected chi connectivity index (χ3v) is 3.32. The highest BCUT2D eigenvalue weighted by atomic mass is 16.7. The molecule has 1 heterocycles. The number of phenols is 1. The number of hydrazone groups is 1. The molecular weight excluding hydrogens is 312 g/mol. The Kier molecular flexibility index (Phi) is 4.51. The van der Waals surface area contributed by atoms with Gasteiger partial charge in [-0.1, -0.05) is 0 Å². The van der Waals surface area contributed by atoms with E-state index in [1.807, 2.05) is 6.92 Å². The molecule has 0 saturated heterocycles. The summed E-state index contributed by atoms with van der Waals surface area (Å²) in [6.07, 6.45) is 1.36. The van der Waals surface area contributed by atoms with Crippen LogP contribution in [-0.4, -0.2) is 30.6 Å². The smallest absolute Gasteiger partial charge is 0.271 e. The monoisotopic (exact) mass is 328 g/mol. The number of hydrogen-bond acceptors (Lipinski definition) is 6. The molecule has 0 radical (unpaired) electrons. The standard InChI is InChI=1S/C17H16N2O5/c1-2-22-13-5-3-12(14(20)8-13)9-18-19-17(21)11-4-6-15-16(7-11)24-10-23-15/h3-9,20H,2,10H2,1H3,(H,19,21)/b18-9-. The maximum Gasteiger partial charge on any atom is 0.271 e. The second kappa shape index (κ2) is 6.91. The van der Waals surface area contributed by atoms with Crippen LogP contribution in [0.3, 0.4) is 0 Å². The maximum atomic E-state index is 12.1. The molecule has 2 aromatic rings. The Morgan fingerprint density at radius 2 is 2.12 bits per heavy atom. The zero-order valence-electron chi connectivity index (χ0n) is 13.0. The van der Waals surface area contributed by atoms with Crippen molar-refractivity contribution in [2.24, 2.45) is 5.10 Å². The molecule has 3 rings (SSSR count). The molecule has 0 fully saturated rings. The molecule has 0 bridgehead atoms. The zero-order chi connectivity index (χ0) is 16.9. The van der Waals surface area contributed by atoms with Crippen molar-refractivity contribution in [3.05, 3.63) is 47.5 Å². The van der Waals surface area contributed by atoms with E-state index in [2.05, 4.69) is 10.5 Å². The molecule has 2 N–H and O–H groups in total. The van der Waals surface area contributed by atoms with Gasteiger partial charge in [-0.2, -0.15) is 5.10 Å². The number of carbonyl (C=O) groups excluding carboxylic acids is 1. The van der Waals surface area contributed by atoms with E-state index in [1.54, 1.807) is 30.3 Å². The minimum absolute atomic E-state index is 0.0158. The van der Waals surface area contributed by atoms with Crippen LogP contribution in [0.15, 0.2) is 41.5 Å². The topological polar surface area (TPSA) is 89.4 Å². The normalized spacial score (nSPS) is 12.4. The number of hydrogen-bond donors (Lipinski definition) is 2. The highest BCUT2D eigenvalue weighted by molar-refractivity contribution is 5.95. The Labute approximate surface area is 138 Å². The lowest BCUT2D eigenvalue weighted by Gasteiger charge is -2.05.